The third kappa shape index (κ3) is 4.29. The molecule has 1 heterocycles. The fourth-order valence-corrected chi connectivity index (χ4v) is 3.56. The average Bonchev–Trinajstić information content (AvgIpc) is 2.98. The summed E-state index contributed by atoms with van der Waals surface area (Å²) in [6.45, 7) is 1.80. The minimum absolute atomic E-state index is 0.0510. The molecule has 8 heteroatoms. The molecule has 2 aromatic rings. The predicted octanol–water partition coefficient (Wildman–Crippen LogP) is 4.14. The number of non-ortho nitro benzene ring substituents is 1. The Bertz CT molecular complexity index is 981. The van der Waals surface area contributed by atoms with Crippen molar-refractivity contribution in [1.29, 1.82) is 0 Å². The van der Waals surface area contributed by atoms with Gasteiger partial charge >= 0.3 is 5.97 Å². The second-order valence-corrected chi connectivity index (χ2v) is 6.76. The molecule has 0 aromatic heterocycles. The normalized spacial score (nSPS) is 15.0. The number of Topliss-reactive ketones (excluding diaryl/α,β-unsaturated/α-hetero) is 1. The van der Waals surface area contributed by atoms with Crippen LogP contribution in [-0.2, 0) is 14.3 Å². The van der Waals surface area contributed by atoms with Crippen molar-refractivity contribution in [2.75, 3.05) is 11.9 Å². The first-order valence-corrected chi connectivity index (χ1v) is 9.23. The van der Waals surface area contributed by atoms with Gasteiger partial charge in [0.1, 0.15) is 5.57 Å². The maximum absolute atomic E-state index is 12.8. The summed E-state index contributed by atoms with van der Waals surface area (Å²) >= 11 is 1.13. The summed E-state index contributed by atoms with van der Waals surface area (Å²) in [4.78, 5) is 35.8. The topological polar surface area (TPSA) is 98.5 Å². The van der Waals surface area contributed by atoms with Crippen LogP contribution in [0.2, 0.25) is 0 Å². The Morgan fingerprint density at radius 2 is 1.86 bits per heavy atom. The van der Waals surface area contributed by atoms with Gasteiger partial charge in [0.15, 0.2) is 0 Å². The number of benzene rings is 2. The molecule has 0 saturated heterocycles. The summed E-state index contributed by atoms with van der Waals surface area (Å²) in [5.74, 6) is -1.13. The van der Waals surface area contributed by atoms with Crippen LogP contribution in [-0.4, -0.2) is 23.3 Å². The number of nitro benzene ring substituents is 1. The van der Waals surface area contributed by atoms with E-state index in [9.17, 15) is 19.7 Å². The SMILES string of the molecule is CCOC(=O)C1=C(Nc2ccc([N+](=O)[O-])cc2)S/C(=C\c2ccccc2)C1=O. The zero-order valence-electron chi connectivity index (χ0n) is 14.9. The number of rotatable bonds is 6. The van der Waals surface area contributed by atoms with E-state index in [0.717, 1.165) is 17.3 Å². The molecule has 7 nitrogen and oxygen atoms in total. The zero-order chi connectivity index (χ0) is 20.1. The van der Waals surface area contributed by atoms with Gasteiger partial charge in [-0.15, -0.1) is 0 Å². The molecule has 3 rings (SSSR count). The van der Waals surface area contributed by atoms with Gasteiger partial charge < -0.3 is 10.1 Å². The van der Waals surface area contributed by atoms with Crippen molar-refractivity contribution in [2.24, 2.45) is 0 Å². The van der Waals surface area contributed by atoms with E-state index in [1.54, 1.807) is 13.0 Å². The van der Waals surface area contributed by atoms with Gasteiger partial charge in [0, 0.05) is 17.8 Å². The van der Waals surface area contributed by atoms with Gasteiger partial charge in [-0.25, -0.2) is 4.79 Å². The number of ketones is 1. The van der Waals surface area contributed by atoms with Crippen LogP contribution in [0.3, 0.4) is 0 Å². The number of hydrogen-bond acceptors (Lipinski definition) is 7. The lowest BCUT2D eigenvalue weighted by atomic mass is 10.1. The number of hydrogen-bond donors (Lipinski definition) is 1. The molecular weight excluding hydrogens is 380 g/mol. The fraction of sp³-hybridized carbons (Fsp3) is 0.100. The largest absolute Gasteiger partial charge is 0.462 e. The molecule has 0 aliphatic carbocycles. The number of thioether (sulfide) groups is 1. The van der Waals surface area contributed by atoms with Crippen molar-refractivity contribution in [3.63, 3.8) is 0 Å². The molecule has 0 bridgehead atoms. The van der Waals surface area contributed by atoms with E-state index in [4.69, 9.17) is 4.74 Å². The Kier molecular flexibility index (Phi) is 5.90. The Morgan fingerprint density at radius 1 is 1.18 bits per heavy atom. The van der Waals surface area contributed by atoms with E-state index >= 15 is 0 Å². The van der Waals surface area contributed by atoms with Crippen LogP contribution in [0.5, 0.6) is 0 Å². The van der Waals surface area contributed by atoms with Gasteiger partial charge in [-0.2, -0.15) is 0 Å². The maximum Gasteiger partial charge on any atom is 0.344 e. The van der Waals surface area contributed by atoms with Crippen LogP contribution in [0.4, 0.5) is 11.4 Å². The molecule has 0 spiro atoms. The number of ether oxygens (including phenoxy) is 1. The van der Waals surface area contributed by atoms with Gasteiger partial charge in [-0.1, -0.05) is 42.1 Å². The predicted molar refractivity (Wildman–Crippen MR) is 107 cm³/mol. The second kappa shape index (κ2) is 8.53. The number of nitrogens with zero attached hydrogens (tertiary/aromatic N) is 1. The van der Waals surface area contributed by atoms with Gasteiger partial charge in [-0.05, 0) is 30.7 Å². The Hall–Kier alpha value is -3.39. The second-order valence-electron chi connectivity index (χ2n) is 5.70. The quantitative estimate of drug-likeness (QED) is 0.258. The molecule has 0 atom stereocenters. The Morgan fingerprint density at radius 3 is 2.46 bits per heavy atom. The molecular formula is C20H16N2O5S. The molecule has 142 valence electrons. The van der Waals surface area contributed by atoms with Crippen LogP contribution < -0.4 is 5.32 Å². The van der Waals surface area contributed by atoms with Crippen LogP contribution in [0.1, 0.15) is 12.5 Å². The highest BCUT2D eigenvalue weighted by Crippen LogP contribution is 2.40. The van der Waals surface area contributed by atoms with Crippen molar-refractivity contribution >= 4 is 41.0 Å². The van der Waals surface area contributed by atoms with Gasteiger partial charge in [0.25, 0.3) is 5.69 Å². The molecule has 28 heavy (non-hydrogen) atoms. The van der Waals surface area contributed by atoms with Gasteiger partial charge in [0.05, 0.1) is 21.5 Å². The molecule has 0 unspecified atom stereocenters. The maximum atomic E-state index is 12.8. The average molecular weight is 396 g/mol. The van der Waals surface area contributed by atoms with Crippen molar-refractivity contribution < 1.29 is 19.2 Å². The number of nitrogens with one attached hydrogen (secondary N) is 1. The van der Waals surface area contributed by atoms with Crippen LogP contribution in [0, 0.1) is 10.1 Å². The highest BCUT2D eigenvalue weighted by Gasteiger charge is 2.35. The van der Waals surface area contributed by atoms with Crippen LogP contribution in [0.25, 0.3) is 6.08 Å². The standard InChI is InChI=1S/C20H16N2O5S/c1-2-27-20(24)17-18(23)16(12-13-6-4-3-5-7-13)28-19(17)21-14-8-10-15(11-9-14)22(25)26/h3-12,21H,2H2,1H3/b16-12-. The van der Waals surface area contributed by atoms with E-state index in [0.29, 0.717) is 15.6 Å². The first-order valence-electron chi connectivity index (χ1n) is 8.41. The summed E-state index contributed by atoms with van der Waals surface area (Å²) < 4.78 is 5.03. The highest BCUT2D eigenvalue weighted by atomic mass is 32.2. The van der Waals surface area contributed by atoms with Gasteiger partial charge in [-0.3, -0.25) is 14.9 Å². The van der Waals surface area contributed by atoms with E-state index in [1.165, 1.54) is 24.3 Å². The summed E-state index contributed by atoms with van der Waals surface area (Å²) in [5, 5.41) is 14.1. The third-order valence-electron chi connectivity index (χ3n) is 3.80. The van der Waals surface area contributed by atoms with Crippen LogP contribution in [0.15, 0.2) is 70.1 Å². The van der Waals surface area contributed by atoms with E-state index in [2.05, 4.69) is 5.32 Å². The molecule has 1 N–H and O–H groups in total. The number of carbonyl (C=O) groups excluding carboxylic acids is 2. The monoisotopic (exact) mass is 396 g/mol. The lowest BCUT2D eigenvalue weighted by molar-refractivity contribution is -0.384. The highest BCUT2D eigenvalue weighted by molar-refractivity contribution is 8.08. The van der Waals surface area contributed by atoms with E-state index in [-0.39, 0.29) is 17.9 Å². The van der Waals surface area contributed by atoms with Crippen molar-refractivity contribution in [3.05, 3.63) is 85.8 Å². The first-order chi connectivity index (χ1) is 13.5. The number of nitro groups is 1. The van der Waals surface area contributed by atoms with Crippen molar-refractivity contribution in [2.45, 2.75) is 6.92 Å². The van der Waals surface area contributed by atoms with Crippen molar-refractivity contribution in [3.8, 4) is 0 Å². The number of carbonyl (C=O) groups is 2. The van der Waals surface area contributed by atoms with Crippen molar-refractivity contribution in [1.82, 2.24) is 0 Å². The third-order valence-corrected chi connectivity index (χ3v) is 4.84. The molecule has 2 aromatic carbocycles. The number of anilines is 1. The number of esters is 1. The Balaban J connectivity index is 1.91. The molecule has 0 amide bonds. The minimum Gasteiger partial charge on any atom is -0.462 e. The Labute approximate surface area is 165 Å². The molecule has 0 radical (unpaired) electrons. The zero-order valence-corrected chi connectivity index (χ0v) is 15.7. The number of allylic oxidation sites excluding steroid dienone is 1. The smallest absolute Gasteiger partial charge is 0.344 e. The fourth-order valence-electron chi connectivity index (χ4n) is 2.50. The minimum atomic E-state index is -0.708. The lowest BCUT2D eigenvalue weighted by Gasteiger charge is -2.08. The summed E-state index contributed by atoms with van der Waals surface area (Å²) in [7, 11) is 0. The van der Waals surface area contributed by atoms with Crippen LogP contribution >= 0.6 is 11.8 Å². The molecule has 0 saturated carbocycles. The van der Waals surface area contributed by atoms with E-state index in [1.807, 2.05) is 30.3 Å². The summed E-state index contributed by atoms with van der Waals surface area (Å²) in [5.41, 5.74) is 1.22. The summed E-state index contributed by atoms with van der Waals surface area (Å²) in [6, 6.07) is 15.0. The first kappa shape index (κ1) is 19.4. The molecule has 0 fully saturated rings. The summed E-state index contributed by atoms with van der Waals surface area (Å²) in [6.07, 6.45) is 1.71. The molecule has 1 aliphatic rings. The van der Waals surface area contributed by atoms with E-state index < -0.39 is 16.7 Å². The lowest BCUT2D eigenvalue weighted by Crippen LogP contribution is -2.16. The van der Waals surface area contributed by atoms with Gasteiger partial charge in [0.2, 0.25) is 5.78 Å². The molecule has 1 aliphatic heterocycles.